The summed E-state index contributed by atoms with van der Waals surface area (Å²) in [5.74, 6) is 0. The molecule has 0 atom stereocenters. The summed E-state index contributed by atoms with van der Waals surface area (Å²) in [6.07, 6.45) is 0. The summed E-state index contributed by atoms with van der Waals surface area (Å²) in [5, 5.41) is 11.2. The largest absolute Gasteiger partial charge is 0.395 e. The molecule has 0 saturated heterocycles. The summed E-state index contributed by atoms with van der Waals surface area (Å²) in [7, 11) is 0. The molecule has 0 spiro atoms. The van der Waals surface area contributed by atoms with Crippen molar-refractivity contribution in [3.63, 3.8) is 0 Å². The predicted octanol–water partition coefficient (Wildman–Crippen LogP) is 3.05. The van der Waals surface area contributed by atoms with Gasteiger partial charge in [0.25, 0.3) is 0 Å². The Morgan fingerprint density at radius 2 is 1.89 bits per heavy atom. The van der Waals surface area contributed by atoms with Crippen molar-refractivity contribution in [1.82, 2.24) is 4.90 Å². The lowest BCUT2D eigenvalue weighted by atomic mass is 10.1. The molecule has 0 bridgehead atoms. The first-order valence-electron chi connectivity index (χ1n) is 6.19. The zero-order valence-electron chi connectivity index (χ0n) is 10.7. The van der Waals surface area contributed by atoms with Gasteiger partial charge in [-0.05, 0) is 23.9 Å². The number of nitrogens with zero attached hydrogens (tertiary/aromatic N) is 1. The van der Waals surface area contributed by atoms with Crippen LogP contribution < -0.4 is 0 Å². The average molecular weight is 261 g/mol. The van der Waals surface area contributed by atoms with E-state index in [0.29, 0.717) is 6.54 Å². The van der Waals surface area contributed by atoms with E-state index in [0.717, 1.165) is 13.1 Å². The molecule has 1 N–H and O–H groups in total. The van der Waals surface area contributed by atoms with E-state index in [1.165, 1.54) is 16.0 Å². The minimum Gasteiger partial charge on any atom is -0.395 e. The summed E-state index contributed by atoms with van der Waals surface area (Å²) in [5.41, 5.74) is 2.58. The Kier molecular flexibility index (Phi) is 4.93. The summed E-state index contributed by atoms with van der Waals surface area (Å²) in [4.78, 5) is 3.62. The number of hydrogen-bond acceptors (Lipinski definition) is 3. The first-order valence-corrected chi connectivity index (χ1v) is 7.07. The number of aryl methyl sites for hydroxylation is 1. The molecular weight excluding hydrogens is 242 g/mol. The van der Waals surface area contributed by atoms with E-state index in [9.17, 15) is 0 Å². The van der Waals surface area contributed by atoms with Gasteiger partial charge in [0, 0.05) is 24.5 Å². The molecule has 0 aliphatic rings. The van der Waals surface area contributed by atoms with Crippen molar-refractivity contribution in [2.24, 2.45) is 0 Å². The van der Waals surface area contributed by atoms with Crippen LogP contribution in [0.5, 0.6) is 0 Å². The normalized spacial score (nSPS) is 11.1. The second-order valence-electron chi connectivity index (χ2n) is 4.50. The fourth-order valence-corrected chi connectivity index (χ4v) is 2.68. The van der Waals surface area contributed by atoms with Gasteiger partial charge in [-0.15, -0.1) is 11.3 Å². The maximum absolute atomic E-state index is 9.15. The fourth-order valence-electron chi connectivity index (χ4n) is 1.93. The topological polar surface area (TPSA) is 23.5 Å². The van der Waals surface area contributed by atoms with Gasteiger partial charge in [-0.3, -0.25) is 4.90 Å². The fraction of sp³-hybridized carbons (Fsp3) is 0.333. The standard InChI is InChI=1S/C15H19NOS/c1-13-4-6-14(7-5-13)11-16(8-9-17)12-15-3-2-10-18-15/h2-7,10,17H,8-9,11-12H2,1H3. The van der Waals surface area contributed by atoms with Gasteiger partial charge in [0.15, 0.2) is 0 Å². The van der Waals surface area contributed by atoms with Crippen molar-refractivity contribution in [3.8, 4) is 0 Å². The third kappa shape index (κ3) is 3.95. The Morgan fingerprint density at radius 1 is 1.11 bits per heavy atom. The van der Waals surface area contributed by atoms with Crippen LogP contribution in [0.4, 0.5) is 0 Å². The smallest absolute Gasteiger partial charge is 0.0558 e. The first-order chi connectivity index (χ1) is 8.78. The van der Waals surface area contributed by atoms with Crippen LogP contribution in [0.1, 0.15) is 16.0 Å². The van der Waals surface area contributed by atoms with Gasteiger partial charge in [0.1, 0.15) is 0 Å². The zero-order chi connectivity index (χ0) is 12.8. The van der Waals surface area contributed by atoms with E-state index in [2.05, 4.69) is 53.6 Å². The van der Waals surface area contributed by atoms with E-state index < -0.39 is 0 Å². The molecule has 0 aliphatic heterocycles. The molecule has 0 unspecified atom stereocenters. The Labute approximate surface area is 113 Å². The van der Waals surface area contributed by atoms with Crippen molar-refractivity contribution < 1.29 is 5.11 Å². The summed E-state index contributed by atoms with van der Waals surface area (Å²) in [6, 6.07) is 12.8. The minimum absolute atomic E-state index is 0.206. The third-order valence-electron chi connectivity index (χ3n) is 2.90. The monoisotopic (exact) mass is 261 g/mol. The van der Waals surface area contributed by atoms with Crippen molar-refractivity contribution in [1.29, 1.82) is 0 Å². The van der Waals surface area contributed by atoms with Crippen molar-refractivity contribution in [2.75, 3.05) is 13.2 Å². The molecule has 3 heteroatoms. The number of benzene rings is 1. The van der Waals surface area contributed by atoms with Crippen LogP contribution in [0.3, 0.4) is 0 Å². The lowest BCUT2D eigenvalue weighted by Gasteiger charge is -2.20. The number of thiophene rings is 1. The van der Waals surface area contributed by atoms with Crippen LogP contribution in [0, 0.1) is 6.92 Å². The lowest BCUT2D eigenvalue weighted by Crippen LogP contribution is -2.25. The molecule has 0 saturated carbocycles. The molecule has 2 nitrogen and oxygen atoms in total. The van der Waals surface area contributed by atoms with Crippen molar-refractivity contribution in [2.45, 2.75) is 20.0 Å². The highest BCUT2D eigenvalue weighted by atomic mass is 32.1. The Hall–Kier alpha value is -1.16. The average Bonchev–Trinajstić information content (AvgIpc) is 2.85. The summed E-state index contributed by atoms with van der Waals surface area (Å²) in [6.45, 7) is 4.81. The zero-order valence-corrected chi connectivity index (χ0v) is 11.5. The molecule has 1 heterocycles. The van der Waals surface area contributed by atoms with Crippen molar-refractivity contribution >= 4 is 11.3 Å². The molecule has 0 fully saturated rings. The maximum atomic E-state index is 9.15. The molecular formula is C15H19NOS. The van der Waals surface area contributed by atoms with Gasteiger partial charge in [0.2, 0.25) is 0 Å². The molecule has 0 aliphatic carbocycles. The van der Waals surface area contributed by atoms with Crippen LogP contribution in [0.15, 0.2) is 41.8 Å². The number of hydrogen-bond donors (Lipinski definition) is 1. The Bertz CT molecular complexity index is 450. The summed E-state index contributed by atoms with van der Waals surface area (Å²) < 4.78 is 0. The van der Waals surface area contributed by atoms with Crippen LogP contribution in [-0.4, -0.2) is 23.2 Å². The van der Waals surface area contributed by atoms with E-state index in [4.69, 9.17) is 5.11 Å². The maximum Gasteiger partial charge on any atom is 0.0558 e. The second-order valence-corrected chi connectivity index (χ2v) is 5.53. The molecule has 2 aromatic rings. The second kappa shape index (κ2) is 6.69. The van der Waals surface area contributed by atoms with E-state index in [1.54, 1.807) is 11.3 Å². The van der Waals surface area contributed by atoms with E-state index in [-0.39, 0.29) is 6.61 Å². The van der Waals surface area contributed by atoms with Crippen LogP contribution in [0.2, 0.25) is 0 Å². The van der Waals surface area contributed by atoms with E-state index >= 15 is 0 Å². The van der Waals surface area contributed by atoms with E-state index in [1.807, 2.05) is 0 Å². The summed E-state index contributed by atoms with van der Waals surface area (Å²) >= 11 is 1.77. The molecule has 1 aromatic carbocycles. The van der Waals surface area contributed by atoms with Crippen molar-refractivity contribution in [3.05, 3.63) is 57.8 Å². The van der Waals surface area contributed by atoms with Gasteiger partial charge >= 0.3 is 0 Å². The van der Waals surface area contributed by atoms with Crippen LogP contribution in [0.25, 0.3) is 0 Å². The molecule has 96 valence electrons. The molecule has 2 rings (SSSR count). The minimum atomic E-state index is 0.206. The van der Waals surface area contributed by atoms with Gasteiger partial charge in [-0.1, -0.05) is 35.9 Å². The number of aliphatic hydroxyl groups excluding tert-OH is 1. The molecule has 1 aromatic heterocycles. The highest BCUT2D eigenvalue weighted by molar-refractivity contribution is 7.09. The quantitative estimate of drug-likeness (QED) is 0.864. The molecule has 18 heavy (non-hydrogen) atoms. The van der Waals surface area contributed by atoms with Crippen LogP contribution >= 0.6 is 11.3 Å². The van der Waals surface area contributed by atoms with Gasteiger partial charge < -0.3 is 5.11 Å². The first kappa shape index (κ1) is 13.3. The van der Waals surface area contributed by atoms with Gasteiger partial charge in [-0.2, -0.15) is 0 Å². The molecule has 0 amide bonds. The number of rotatable bonds is 6. The molecule has 0 radical (unpaired) electrons. The SMILES string of the molecule is Cc1ccc(CN(CCO)Cc2cccs2)cc1. The van der Waals surface area contributed by atoms with Gasteiger partial charge in [0.05, 0.1) is 6.61 Å². The van der Waals surface area contributed by atoms with Gasteiger partial charge in [-0.25, -0.2) is 0 Å². The predicted molar refractivity (Wildman–Crippen MR) is 76.7 cm³/mol. The number of aliphatic hydroxyl groups is 1. The van der Waals surface area contributed by atoms with Crippen LogP contribution in [-0.2, 0) is 13.1 Å². The lowest BCUT2D eigenvalue weighted by molar-refractivity contribution is 0.185. The highest BCUT2D eigenvalue weighted by Crippen LogP contribution is 2.14. The Balaban J connectivity index is 1.99. The highest BCUT2D eigenvalue weighted by Gasteiger charge is 2.07. The Morgan fingerprint density at radius 3 is 2.50 bits per heavy atom. The third-order valence-corrected chi connectivity index (χ3v) is 3.76.